The van der Waals surface area contributed by atoms with E-state index in [2.05, 4.69) is 43.4 Å². The summed E-state index contributed by atoms with van der Waals surface area (Å²) in [7, 11) is 3.61. The molecule has 3 heteroatoms. The molecule has 0 aliphatic rings. The number of rotatable bonds is 5. The average molecular weight is 304 g/mol. The molecular formula is C18H22ClNO. The number of hydrogen-bond acceptors (Lipinski definition) is 2. The summed E-state index contributed by atoms with van der Waals surface area (Å²) < 4.78 is 5.21. The van der Waals surface area contributed by atoms with Crippen molar-refractivity contribution in [3.63, 3.8) is 0 Å². The first kappa shape index (κ1) is 15.9. The van der Waals surface area contributed by atoms with Crippen molar-refractivity contribution in [1.82, 2.24) is 5.32 Å². The number of benzene rings is 2. The second-order valence-corrected chi connectivity index (χ2v) is 5.78. The van der Waals surface area contributed by atoms with E-state index in [4.69, 9.17) is 16.3 Å². The lowest BCUT2D eigenvalue weighted by molar-refractivity contribution is 0.414. The van der Waals surface area contributed by atoms with E-state index in [9.17, 15) is 0 Å². The molecule has 0 aromatic heterocycles. The fourth-order valence-electron chi connectivity index (χ4n) is 2.53. The van der Waals surface area contributed by atoms with E-state index in [-0.39, 0.29) is 6.04 Å². The normalized spacial score (nSPS) is 12.2. The summed E-state index contributed by atoms with van der Waals surface area (Å²) in [6.45, 7) is 4.28. The first-order valence-electron chi connectivity index (χ1n) is 7.12. The Balaban J connectivity index is 2.27. The minimum atomic E-state index is 0.230. The van der Waals surface area contributed by atoms with Gasteiger partial charge in [-0.05, 0) is 56.1 Å². The molecule has 21 heavy (non-hydrogen) atoms. The Labute approximate surface area is 132 Å². The van der Waals surface area contributed by atoms with Crippen molar-refractivity contribution in [3.8, 4) is 5.75 Å². The molecule has 0 fully saturated rings. The van der Waals surface area contributed by atoms with Crippen molar-refractivity contribution < 1.29 is 4.74 Å². The number of methoxy groups -OCH3 is 1. The van der Waals surface area contributed by atoms with E-state index < -0.39 is 0 Å². The number of halogens is 1. The van der Waals surface area contributed by atoms with Crippen LogP contribution < -0.4 is 10.1 Å². The molecule has 0 spiro atoms. The smallest absolute Gasteiger partial charge is 0.137 e. The van der Waals surface area contributed by atoms with Gasteiger partial charge < -0.3 is 10.1 Å². The highest BCUT2D eigenvalue weighted by molar-refractivity contribution is 6.32. The molecule has 0 aliphatic carbocycles. The number of aryl methyl sites for hydroxylation is 2. The fourth-order valence-corrected chi connectivity index (χ4v) is 2.79. The van der Waals surface area contributed by atoms with Gasteiger partial charge in [0.15, 0.2) is 0 Å². The standard InChI is InChI=1S/C18H22ClNO/c1-12-5-6-13(2)15(9-12)11-17(20-3)14-7-8-18(21-4)16(19)10-14/h5-10,17,20H,11H2,1-4H3. The van der Waals surface area contributed by atoms with Crippen molar-refractivity contribution >= 4 is 11.6 Å². The van der Waals surface area contributed by atoms with Crippen LogP contribution >= 0.6 is 11.6 Å². The molecule has 1 unspecified atom stereocenters. The Morgan fingerprint density at radius 3 is 2.52 bits per heavy atom. The minimum Gasteiger partial charge on any atom is -0.495 e. The first-order chi connectivity index (χ1) is 10.0. The maximum Gasteiger partial charge on any atom is 0.137 e. The predicted octanol–water partition coefficient (Wildman–Crippen LogP) is 4.47. The summed E-state index contributed by atoms with van der Waals surface area (Å²) in [6.07, 6.45) is 0.937. The van der Waals surface area contributed by atoms with Crippen LogP contribution in [0.15, 0.2) is 36.4 Å². The van der Waals surface area contributed by atoms with Gasteiger partial charge in [0.2, 0.25) is 0 Å². The Bertz CT molecular complexity index is 625. The van der Waals surface area contributed by atoms with Crippen LogP contribution in [0.25, 0.3) is 0 Å². The van der Waals surface area contributed by atoms with E-state index in [1.165, 1.54) is 22.3 Å². The monoisotopic (exact) mass is 303 g/mol. The summed E-state index contributed by atoms with van der Waals surface area (Å²) >= 11 is 6.24. The lowest BCUT2D eigenvalue weighted by Gasteiger charge is -2.19. The number of nitrogens with one attached hydrogen (secondary N) is 1. The van der Waals surface area contributed by atoms with Crippen LogP contribution in [0.3, 0.4) is 0 Å². The lowest BCUT2D eigenvalue weighted by atomic mass is 9.95. The maximum atomic E-state index is 6.24. The molecule has 0 heterocycles. The first-order valence-corrected chi connectivity index (χ1v) is 7.49. The molecule has 0 radical (unpaired) electrons. The quantitative estimate of drug-likeness (QED) is 0.880. The number of ether oxygens (including phenoxy) is 1. The zero-order chi connectivity index (χ0) is 15.4. The largest absolute Gasteiger partial charge is 0.495 e. The van der Waals surface area contributed by atoms with Gasteiger partial charge in [0, 0.05) is 6.04 Å². The van der Waals surface area contributed by atoms with E-state index in [0.29, 0.717) is 10.8 Å². The molecular weight excluding hydrogens is 282 g/mol. The third-order valence-electron chi connectivity index (χ3n) is 3.86. The second-order valence-electron chi connectivity index (χ2n) is 5.37. The summed E-state index contributed by atoms with van der Waals surface area (Å²) in [5.74, 6) is 0.710. The zero-order valence-corrected chi connectivity index (χ0v) is 13.8. The van der Waals surface area contributed by atoms with Gasteiger partial charge >= 0.3 is 0 Å². The van der Waals surface area contributed by atoms with Crippen LogP contribution in [0.1, 0.15) is 28.3 Å². The average Bonchev–Trinajstić information content (AvgIpc) is 2.48. The van der Waals surface area contributed by atoms with Gasteiger partial charge in [-0.1, -0.05) is 41.4 Å². The van der Waals surface area contributed by atoms with E-state index in [0.717, 1.165) is 6.42 Å². The third kappa shape index (κ3) is 3.78. The van der Waals surface area contributed by atoms with Gasteiger partial charge in [-0.3, -0.25) is 0 Å². The van der Waals surface area contributed by atoms with Crippen LogP contribution in [-0.4, -0.2) is 14.2 Å². The molecule has 0 bridgehead atoms. The molecule has 1 N–H and O–H groups in total. The number of likely N-dealkylation sites (N-methyl/N-ethyl adjacent to an activating group) is 1. The molecule has 0 amide bonds. The molecule has 0 aliphatic heterocycles. The van der Waals surface area contributed by atoms with Crippen LogP contribution in [0.2, 0.25) is 5.02 Å². The van der Waals surface area contributed by atoms with Gasteiger partial charge in [-0.25, -0.2) is 0 Å². The Kier molecular flexibility index (Phi) is 5.27. The summed E-state index contributed by atoms with van der Waals surface area (Å²) in [4.78, 5) is 0. The third-order valence-corrected chi connectivity index (χ3v) is 4.15. The van der Waals surface area contributed by atoms with Crippen molar-refractivity contribution in [1.29, 1.82) is 0 Å². The van der Waals surface area contributed by atoms with E-state index in [1.54, 1.807) is 7.11 Å². The molecule has 2 aromatic carbocycles. The molecule has 112 valence electrons. The summed E-state index contributed by atoms with van der Waals surface area (Å²) in [5.41, 5.74) is 5.14. The Morgan fingerprint density at radius 2 is 1.90 bits per heavy atom. The topological polar surface area (TPSA) is 21.3 Å². The highest BCUT2D eigenvalue weighted by Crippen LogP contribution is 2.29. The van der Waals surface area contributed by atoms with Crippen LogP contribution in [0.4, 0.5) is 0 Å². The van der Waals surface area contributed by atoms with Gasteiger partial charge in [-0.2, -0.15) is 0 Å². The lowest BCUT2D eigenvalue weighted by Crippen LogP contribution is -2.19. The van der Waals surface area contributed by atoms with Crippen molar-refractivity contribution in [2.75, 3.05) is 14.2 Å². The van der Waals surface area contributed by atoms with Gasteiger partial charge in [0.05, 0.1) is 12.1 Å². The van der Waals surface area contributed by atoms with E-state index in [1.807, 2.05) is 19.2 Å². The van der Waals surface area contributed by atoms with Crippen molar-refractivity contribution in [2.45, 2.75) is 26.3 Å². The molecule has 0 saturated heterocycles. The zero-order valence-electron chi connectivity index (χ0n) is 13.0. The highest BCUT2D eigenvalue weighted by atomic mass is 35.5. The molecule has 1 atom stereocenters. The minimum absolute atomic E-state index is 0.230. The van der Waals surface area contributed by atoms with Crippen molar-refractivity contribution in [2.24, 2.45) is 0 Å². The van der Waals surface area contributed by atoms with E-state index >= 15 is 0 Å². The Morgan fingerprint density at radius 1 is 1.14 bits per heavy atom. The SMILES string of the molecule is CNC(Cc1cc(C)ccc1C)c1ccc(OC)c(Cl)c1. The fraction of sp³-hybridized carbons (Fsp3) is 0.333. The molecule has 0 saturated carbocycles. The van der Waals surface area contributed by atoms with Crippen molar-refractivity contribution in [3.05, 3.63) is 63.7 Å². The molecule has 2 aromatic rings. The predicted molar refractivity (Wildman–Crippen MR) is 89.4 cm³/mol. The van der Waals surface area contributed by atoms with Gasteiger partial charge in [0.25, 0.3) is 0 Å². The van der Waals surface area contributed by atoms with Crippen LogP contribution in [-0.2, 0) is 6.42 Å². The van der Waals surface area contributed by atoms with Gasteiger partial charge in [-0.15, -0.1) is 0 Å². The maximum absolute atomic E-state index is 6.24. The Hall–Kier alpha value is -1.51. The molecule has 2 nitrogen and oxygen atoms in total. The molecule has 2 rings (SSSR count). The summed E-state index contributed by atoms with van der Waals surface area (Å²) in [6, 6.07) is 12.8. The van der Waals surface area contributed by atoms with Gasteiger partial charge in [0.1, 0.15) is 5.75 Å². The number of hydrogen-bond donors (Lipinski definition) is 1. The summed E-state index contributed by atoms with van der Waals surface area (Å²) in [5, 5.41) is 4.03. The second kappa shape index (κ2) is 6.97. The highest BCUT2D eigenvalue weighted by Gasteiger charge is 2.13. The van der Waals surface area contributed by atoms with Crippen LogP contribution in [0, 0.1) is 13.8 Å². The van der Waals surface area contributed by atoms with Crippen LogP contribution in [0.5, 0.6) is 5.75 Å².